The van der Waals surface area contributed by atoms with Crippen LogP contribution >= 0.6 is 0 Å². The fourth-order valence-corrected chi connectivity index (χ4v) is 2.33. The molecule has 2 N–H and O–H groups in total. The molecule has 0 aromatic heterocycles. The van der Waals surface area contributed by atoms with Crippen LogP contribution in [0.25, 0.3) is 0 Å². The standard InChI is InChI=1S/C13H19NO2/c1-14-13-4-2-3-10-5-6-11(9-12(10)13)16-8-7-15/h5-6,9,13-15H,2-4,7-8H2,1H3. The molecule has 1 aromatic rings. The van der Waals surface area contributed by atoms with Crippen LogP contribution in [0.15, 0.2) is 18.2 Å². The highest BCUT2D eigenvalue weighted by Crippen LogP contribution is 2.32. The van der Waals surface area contributed by atoms with Crippen LogP contribution in [0, 0.1) is 0 Å². The van der Waals surface area contributed by atoms with Gasteiger partial charge in [0.2, 0.25) is 0 Å². The van der Waals surface area contributed by atoms with Crippen LogP contribution in [0.4, 0.5) is 0 Å². The van der Waals surface area contributed by atoms with E-state index >= 15 is 0 Å². The van der Waals surface area contributed by atoms with E-state index in [4.69, 9.17) is 9.84 Å². The Morgan fingerprint density at radius 2 is 2.38 bits per heavy atom. The number of fused-ring (bicyclic) bond motifs is 1. The summed E-state index contributed by atoms with van der Waals surface area (Å²) in [5.41, 5.74) is 2.77. The number of aryl methyl sites for hydroxylation is 1. The fraction of sp³-hybridized carbons (Fsp3) is 0.538. The molecule has 1 aliphatic rings. The molecule has 0 saturated heterocycles. The Bertz CT molecular complexity index is 352. The van der Waals surface area contributed by atoms with Crippen molar-refractivity contribution in [3.63, 3.8) is 0 Å². The second-order valence-corrected chi connectivity index (χ2v) is 4.17. The lowest BCUT2D eigenvalue weighted by atomic mass is 9.87. The first-order chi connectivity index (χ1) is 7.85. The van der Waals surface area contributed by atoms with Crippen molar-refractivity contribution < 1.29 is 9.84 Å². The molecule has 1 unspecified atom stereocenters. The lowest BCUT2D eigenvalue weighted by molar-refractivity contribution is 0.201. The van der Waals surface area contributed by atoms with Gasteiger partial charge in [-0.05, 0) is 49.6 Å². The van der Waals surface area contributed by atoms with Crippen LogP contribution in [-0.4, -0.2) is 25.4 Å². The normalized spacial score (nSPS) is 19.2. The van der Waals surface area contributed by atoms with Gasteiger partial charge >= 0.3 is 0 Å². The Kier molecular flexibility index (Phi) is 3.80. The predicted octanol–water partition coefficient (Wildman–Crippen LogP) is 1.65. The van der Waals surface area contributed by atoms with Crippen LogP contribution in [0.5, 0.6) is 5.75 Å². The van der Waals surface area contributed by atoms with Gasteiger partial charge in [-0.1, -0.05) is 6.07 Å². The third kappa shape index (κ3) is 2.36. The molecule has 0 saturated carbocycles. The predicted molar refractivity (Wildman–Crippen MR) is 63.8 cm³/mol. The minimum Gasteiger partial charge on any atom is -0.491 e. The maximum Gasteiger partial charge on any atom is 0.119 e. The largest absolute Gasteiger partial charge is 0.491 e. The molecule has 1 aliphatic carbocycles. The van der Waals surface area contributed by atoms with Gasteiger partial charge in [0.25, 0.3) is 0 Å². The van der Waals surface area contributed by atoms with Gasteiger partial charge in [0.05, 0.1) is 6.61 Å². The molecule has 16 heavy (non-hydrogen) atoms. The average Bonchev–Trinajstić information content (AvgIpc) is 2.35. The van der Waals surface area contributed by atoms with E-state index in [9.17, 15) is 0 Å². The molecule has 0 heterocycles. The molecule has 1 aromatic carbocycles. The number of aliphatic hydroxyl groups excluding tert-OH is 1. The smallest absolute Gasteiger partial charge is 0.119 e. The van der Waals surface area contributed by atoms with E-state index in [1.54, 1.807) is 0 Å². The van der Waals surface area contributed by atoms with Crippen LogP contribution < -0.4 is 10.1 Å². The topological polar surface area (TPSA) is 41.5 Å². The van der Waals surface area contributed by atoms with Gasteiger partial charge in [0.1, 0.15) is 12.4 Å². The summed E-state index contributed by atoms with van der Waals surface area (Å²) in [5.74, 6) is 0.856. The van der Waals surface area contributed by atoms with Crippen molar-refractivity contribution in [3.8, 4) is 5.75 Å². The molecule has 0 amide bonds. The van der Waals surface area contributed by atoms with E-state index in [0.29, 0.717) is 12.6 Å². The molecule has 0 aliphatic heterocycles. The summed E-state index contributed by atoms with van der Waals surface area (Å²) in [6.07, 6.45) is 3.59. The first-order valence-corrected chi connectivity index (χ1v) is 5.89. The van der Waals surface area contributed by atoms with Gasteiger partial charge in [-0.15, -0.1) is 0 Å². The van der Waals surface area contributed by atoms with Gasteiger partial charge in [0.15, 0.2) is 0 Å². The molecule has 88 valence electrons. The average molecular weight is 221 g/mol. The third-order valence-corrected chi connectivity index (χ3v) is 3.14. The molecule has 0 radical (unpaired) electrons. The summed E-state index contributed by atoms with van der Waals surface area (Å²) in [6, 6.07) is 6.69. The van der Waals surface area contributed by atoms with Gasteiger partial charge < -0.3 is 15.2 Å². The summed E-state index contributed by atoms with van der Waals surface area (Å²) >= 11 is 0. The molecule has 0 spiro atoms. The fourth-order valence-electron chi connectivity index (χ4n) is 2.33. The third-order valence-electron chi connectivity index (χ3n) is 3.14. The molecular formula is C13H19NO2. The van der Waals surface area contributed by atoms with E-state index in [1.807, 2.05) is 13.1 Å². The SMILES string of the molecule is CNC1CCCc2ccc(OCCO)cc21. The van der Waals surface area contributed by atoms with E-state index < -0.39 is 0 Å². The highest BCUT2D eigenvalue weighted by atomic mass is 16.5. The van der Waals surface area contributed by atoms with Crippen molar-refractivity contribution in [1.82, 2.24) is 5.32 Å². The van der Waals surface area contributed by atoms with Crippen LogP contribution in [0.2, 0.25) is 0 Å². The minimum atomic E-state index is 0.0620. The first-order valence-electron chi connectivity index (χ1n) is 5.89. The van der Waals surface area contributed by atoms with E-state index in [-0.39, 0.29) is 6.61 Å². The number of ether oxygens (including phenoxy) is 1. The zero-order valence-electron chi connectivity index (χ0n) is 9.70. The number of hydrogen-bond acceptors (Lipinski definition) is 3. The molecule has 0 fully saturated rings. The van der Waals surface area contributed by atoms with Crippen molar-refractivity contribution in [2.24, 2.45) is 0 Å². The molecule has 3 nitrogen and oxygen atoms in total. The zero-order valence-corrected chi connectivity index (χ0v) is 9.70. The first kappa shape index (κ1) is 11.4. The lowest BCUT2D eigenvalue weighted by Gasteiger charge is -2.25. The summed E-state index contributed by atoms with van der Waals surface area (Å²) in [5, 5.41) is 12.1. The highest BCUT2D eigenvalue weighted by molar-refractivity contribution is 5.39. The van der Waals surface area contributed by atoms with Crippen molar-refractivity contribution in [3.05, 3.63) is 29.3 Å². The van der Waals surface area contributed by atoms with Gasteiger partial charge in [-0.3, -0.25) is 0 Å². The Morgan fingerprint density at radius 3 is 3.12 bits per heavy atom. The summed E-state index contributed by atoms with van der Waals surface area (Å²) in [6.45, 7) is 0.426. The summed E-state index contributed by atoms with van der Waals surface area (Å²) < 4.78 is 5.44. The van der Waals surface area contributed by atoms with E-state index in [1.165, 1.54) is 24.0 Å². The minimum absolute atomic E-state index is 0.0620. The monoisotopic (exact) mass is 221 g/mol. The molecule has 3 heteroatoms. The molecule has 2 rings (SSSR count). The Balaban J connectivity index is 2.20. The maximum absolute atomic E-state index is 8.73. The zero-order chi connectivity index (χ0) is 11.4. The number of nitrogens with one attached hydrogen (secondary N) is 1. The number of aliphatic hydroxyl groups is 1. The Hall–Kier alpha value is -1.06. The molecular weight excluding hydrogens is 202 g/mol. The van der Waals surface area contributed by atoms with Crippen molar-refractivity contribution in [2.45, 2.75) is 25.3 Å². The van der Waals surface area contributed by atoms with Gasteiger partial charge in [0, 0.05) is 6.04 Å². The quantitative estimate of drug-likeness (QED) is 0.812. The number of benzene rings is 1. The van der Waals surface area contributed by atoms with Gasteiger partial charge in [-0.2, -0.15) is 0 Å². The number of rotatable bonds is 4. The van der Waals surface area contributed by atoms with Crippen molar-refractivity contribution in [2.75, 3.05) is 20.3 Å². The van der Waals surface area contributed by atoms with Gasteiger partial charge in [-0.25, -0.2) is 0 Å². The lowest BCUT2D eigenvalue weighted by Crippen LogP contribution is -2.21. The van der Waals surface area contributed by atoms with E-state index in [0.717, 1.165) is 12.2 Å². The molecule has 0 bridgehead atoms. The summed E-state index contributed by atoms with van der Waals surface area (Å²) in [4.78, 5) is 0. The van der Waals surface area contributed by atoms with Crippen molar-refractivity contribution >= 4 is 0 Å². The van der Waals surface area contributed by atoms with Crippen LogP contribution in [0.3, 0.4) is 0 Å². The second-order valence-electron chi connectivity index (χ2n) is 4.17. The molecule has 1 atom stereocenters. The Labute approximate surface area is 96.4 Å². The number of hydrogen-bond donors (Lipinski definition) is 2. The summed E-state index contributed by atoms with van der Waals surface area (Å²) in [7, 11) is 2.00. The second kappa shape index (κ2) is 5.32. The van der Waals surface area contributed by atoms with E-state index in [2.05, 4.69) is 17.4 Å². The Morgan fingerprint density at radius 1 is 1.50 bits per heavy atom. The van der Waals surface area contributed by atoms with Crippen LogP contribution in [-0.2, 0) is 6.42 Å². The van der Waals surface area contributed by atoms with Crippen LogP contribution in [0.1, 0.15) is 30.0 Å². The van der Waals surface area contributed by atoms with Crippen molar-refractivity contribution in [1.29, 1.82) is 0 Å². The highest BCUT2D eigenvalue weighted by Gasteiger charge is 2.18. The maximum atomic E-state index is 8.73.